The smallest absolute Gasteiger partial charge is 0.230 e. The molecule has 1 aliphatic rings. The summed E-state index contributed by atoms with van der Waals surface area (Å²) in [5, 5.41) is 5.92. The van der Waals surface area contributed by atoms with E-state index in [2.05, 4.69) is 30.2 Å². The number of methoxy groups -OCH3 is 1. The van der Waals surface area contributed by atoms with E-state index in [1.807, 2.05) is 11.4 Å². The number of nitrogens with zero attached hydrogens (tertiary/aromatic N) is 5. The Bertz CT molecular complexity index is 930. The zero-order valence-corrected chi connectivity index (χ0v) is 15.1. The molecular weight excluding hydrogens is 352 g/mol. The van der Waals surface area contributed by atoms with Gasteiger partial charge in [0.05, 0.1) is 18.4 Å². The van der Waals surface area contributed by atoms with Crippen LogP contribution in [-0.2, 0) is 4.79 Å². The molecule has 134 valence electrons. The Morgan fingerprint density at radius 2 is 2.19 bits per heavy atom. The van der Waals surface area contributed by atoms with Gasteiger partial charge < -0.3 is 15.0 Å². The van der Waals surface area contributed by atoms with Gasteiger partial charge in [-0.2, -0.15) is 0 Å². The van der Waals surface area contributed by atoms with Crippen LogP contribution in [0, 0.1) is 5.92 Å². The predicted molar refractivity (Wildman–Crippen MR) is 99.6 cm³/mol. The lowest BCUT2D eigenvalue weighted by Gasteiger charge is -2.33. The SMILES string of the molecule is COc1cc(NC(=O)C2CCCN(c3ncnc4sccc34)C2)ncn1. The lowest BCUT2D eigenvalue weighted by atomic mass is 9.97. The molecule has 1 atom stereocenters. The van der Waals surface area contributed by atoms with E-state index in [0.29, 0.717) is 18.2 Å². The van der Waals surface area contributed by atoms with Gasteiger partial charge in [0, 0.05) is 19.2 Å². The molecule has 9 heteroatoms. The van der Waals surface area contributed by atoms with Crippen LogP contribution in [0.1, 0.15) is 12.8 Å². The van der Waals surface area contributed by atoms with Crippen LogP contribution < -0.4 is 15.0 Å². The average Bonchev–Trinajstić information content (AvgIpc) is 3.17. The van der Waals surface area contributed by atoms with Crippen molar-refractivity contribution in [1.82, 2.24) is 19.9 Å². The van der Waals surface area contributed by atoms with Gasteiger partial charge in [-0.05, 0) is 24.3 Å². The van der Waals surface area contributed by atoms with E-state index < -0.39 is 0 Å². The van der Waals surface area contributed by atoms with Gasteiger partial charge in [-0.3, -0.25) is 4.79 Å². The van der Waals surface area contributed by atoms with Crippen molar-refractivity contribution in [3.63, 3.8) is 0 Å². The molecule has 0 bridgehead atoms. The van der Waals surface area contributed by atoms with E-state index in [9.17, 15) is 4.79 Å². The molecule has 26 heavy (non-hydrogen) atoms. The van der Waals surface area contributed by atoms with Crippen molar-refractivity contribution in [3.8, 4) is 5.88 Å². The number of ether oxygens (including phenoxy) is 1. The fourth-order valence-corrected chi connectivity index (χ4v) is 3.89. The molecule has 0 aromatic carbocycles. The highest BCUT2D eigenvalue weighted by Gasteiger charge is 2.28. The minimum absolute atomic E-state index is 0.0499. The average molecular weight is 370 g/mol. The van der Waals surface area contributed by atoms with Crippen molar-refractivity contribution in [2.24, 2.45) is 5.92 Å². The number of nitrogens with one attached hydrogen (secondary N) is 1. The first-order valence-electron chi connectivity index (χ1n) is 8.34. The first-order valence-corrected chi connectivity index (χ1v) is 9.22. The number of carbonyl (C=O) groups is 1. The topological polar surface area (TPSA) is 93.1 Å². The Labute approximate surface area is 154 Å². The van der Waals surface area contributed by atoms with Gasteiger partial charge in [0.1, 0.15) is 29.1 Å². The number of piperidine rings is 1. The maximum atomic E-state index is 12.7. The highest BCUT2D eigenvalue weighted by atomic mass is 32.1. The van der Waals surface area contributed by atoms with Crippen LogP contribution in [0.15, 0.2) is 30.2 Å². The molecule has 0 aliphatic carbocycles. The number of amides is 1. The first kappa shape index (κ1) is 16.6. The number of hydrogen-bond donors (Lipinski definition) is 1. The summed E-state index contributed by atoms with van der Waals surface area (Å²) in [5.41, 5.74) is 0. The highest BCUT2D eigenvalue weighted by Crippen LogP contribution is 2.30. The van der Waals surface area contributed by atoms with Gasteiger partial charge in [0.15, 0.2) is 0 Å². The summed E-state index contributed by atoms with van der Waals surface area (Å²) in [4.78, 5) is 32.6. The van der Waals surface area contributed by atoms with Crippen molar-refractivity contribution >= 4 is 39.1 Å². The quantitative estimate of drug-likeness (QED) is 0.753. The second-order valence-electron chi connectivity index (χ2n) is 6.06. The molecule has 3 aromatic heterocycles. The number of fused-ring (bicyclic) bond motifs is 1. The highest BCUT2D eigenvalue weighted by molar-refractivity contribution is 7.16. The van der Waals surface area contributed by atoms with Crippen molar-refractivity contribution in [1.29, 1.82) is 0 Å². The van der Waals surface area contributed by atoms with Crippen LogP contribution >= 0.6 is 11.3 Å². The second kappa shape index (κ2) is 7.20. The van der Waals surface area contributed by atoms with Crippen molar-refractivity contribution in [3.05, 3.63) is 30.2 Å². The van der Waals surface area contributed by atoms with Crippen LogP contribution in [0.4, 0.5) is 11.6 Å². The van der Waals surface area contributed by atoms with Gasteiger partial charge in [-0.25, -0.2) is 19.9 Å². The van der Waals surface area contributed by atoms with Gasteiger partial charge in [-0.15, -0.1) is 11.3 Å². The van der Waals surface area contributed by atoms with Crippen LogP contribution in [-0.4, -0.2) is 46.0 Å². The Hall–Kier alpha value is -2.81. The Kier molecular flexibility index (Phi) is 4.61. The van der Waals surface area contributed by atoms with Gasteiger partial charge in [-0.1, -0.05) is 0 Å². The van der Waals surface area contributed by atoms with E-state index in [0.717, 1.165) is 35.4 Å². The maximum Gasteiger partial charge on any atom is 0.230 e. The molecular formula is C17H18N6O2S. The molecule has 0 saturated carbocycles. The molecule has 0 spiro atoms. The molecule has 1 fully saturated rings. The van der Waals surface area contributed by atoms with Crippen molar-refractivity contribution in [2.75, 3.05) is 30.4 Å². The minimum Gasteiger partial charge on any atom is -0.481 e. The van der Waals surface area contributed by atoms with Gasteiger partial charge >= 0.3 is 0 Å². The predicted octanol–water partition coefficient (Wildman–Crippen LogP) is 2.34. The molecule has 1 N–H and O–H groups in total. The summed E-state index contributed by atoms with van der Waals surface area (Å²) in [6, 6.07) is 3.64. The molecule has 1 amide bonds. The summed E-state index contributed by atoms with van der Waals surface area (Å²) < 4.78 is 5.07. The van der Waals surface area contributed by atoms with E-state index in [1.165, 1.54) is 13.4 Å². The molecule has 3 aromatic rings. The molecule has 1 saturated heterocycles. The Morgan fingerprint density at radius 3 is 3.08 bits per heavy atom. The molecule has 1 aliphatic heterocycles. The first-order chi connectivity index (χ1) is 12.7. The number of carbonyl (C=O) groups excluding carboxylic acids is 1. The summed E-state index contributed by atoms with van der Waals surface area (Å²) in [7, 11) is 1.53. The number of thiophene rings is 1. The number of hydrogen-bond acceptors (Lipinski definition) is 8. The van der Waals surface area contributed by atoms with E-state index in [4.69, 9.17) is 4.74 Å². The zero-order chi connectivity index (χ0) is 17.9. The van der Waals surface area contributed by atoms with Crippen LogP contribution in [0.25, 0.3) is 10.2 Å². The summed E-state index contributed by atoms with van der Waals surface area (Å²) >= 11 is 1.59. The van der Waals surface area contributed by atoms with Crippen molar-refractivity contribution in [2.45, 2.75) is 12.8 Å². The summed E-state index contributed by atoms with van der Waals surface area (Å²) in [6.07, 6.45) is 4.73. The lowest BCUT2D eigenvalue weighted by molar-refractivity contribution is -0.120. The summed E-state index contributed by atoms with van der Waals surface area (Å²) in [5.74, 6) is 1.58. The van der Waals surface area contributed by atoms with Crippen LogP contribution in [0.3, 0.4) is 0 Å². The van der Waals surface area contributed by atoms with Gasteiger partial charge in [0.2, 0.25) is 11.8 Å². The van der Waals surface area contributed by atoms with Gasteiger partial charge in [0.25, 0.3) is 0 Å². The normalized spacial score (nSPS) is 17.3. The van der Waals surface area contributed by atoms with E-state index in [-0.39, 0.29) is 11.8 Å². The summed E-state index contributed by atoms with van der Waals surface area (Å²) in [6.45, 7) is 1.50. The number of rotatable bonds is 4. The minimum atomic E-state index is -0.131. The lowest BCUT2D eigenvalue weighted by Crippen LogP contribution is -2.41. The van der Waals surface area contributed by atoms with E-state index in [1.54, 1.807) is 23.7 Å². The molecule has 0 radical (unpaired) electrons. The molecule has 8 nitrogen and oxygen atoms in total. The number of anilines is 2. The largest absolute Gasteiger partial charge is 0.481 e. The number of aromatic nitrogens is 4. The van der Waals surface area contributed by atoms with Crippen LogP contribution in [0.2, 0.25) is 0 Å². The maximum absolute atomic E-state index is 12.7. The standard InChI is InChI=1S/C17H18N6O2S/c1-25-14-7-13(18-9-19-14)22-16(24)11-3-2-5-23(8-11)15-12-4-6-26-17(12)21-10-20-15/h4,6-7,9-11H,2-3,5,8H2,1H3,(H,18,19,22,24). The monoisotopic (exact) mass is 370 g/mol. The zero-order valence-electron chi connectivity index (χ0n) is 14.3. The third-order valence-corrected chi connectivity index (χ3v) is 5.26. The van der Waals surface area contributed by atoms with Crippen molar-refractivity contribution < 1.29 is 9.53 Å². The van der Waals surface area contributed by atoms with E-state index >= 15 is 0 Å². The molecule has 4 rings (SSSR count). The Balaban J connectivity index is 1.49. The molecule has 4 heterocycles. The fraction of sp³-hybridized carbons (Fsp3) is 0.353. The Morgan fingerprint density at radius 1 is 1.31 bits per heavy atom. The molecule has 1 unspecified atom stereocenters. The second-order valence-corrected chi connectivity index (χ2v) is 6.95. The third-order valence-electron chi connectivity index (χ3n) is 4.43. The van der Waals surface area contributed by atoms with Crippen LogP contribution in [0.5, 0.6) is 5.88 Å². The third kappa shape index (κ3) is 3.30. The fourth-order valence-electron chi connectivity index (χ4n) is 3.16.